The second kappa shape index (κ2) is 5.81. The number of hydrogen-bond acceptors (Lipinski definition) is 5. The molecule has 1 saturated heterocycles. The molecule has 0 bridgehead atoms. The molecular formula is C14H23N3O3. The number of aromatic nitrogens is 2. The largest absolute Gasteiger partial charge is 0.439 e. The van der Waals surface area contributed by atoms with E-state index in [1.165, 1.54) is 6.42 Å². The average Bonchev–Trinajstić information content (AvgIpc) is 2.84. The molecule has 1 aliphatic heterocycles. The summed E-state index contributed by atoms with van der Waals surface area (Å²) in [6.07, 6.45) is 2.30. The summed E-state index contributed by atoms with van der Waals surface area (Å²) in [5, 5.41) is 3.85. The number of carbonyl (C=O) groups is 1. The number of ether oxygens (including phenoxy) is 1. The van der Waals surface area contributed by atoms with Gasteiger partial charge < -0.3 is 9.64 Å². The highest BCUT2D eigenvalue weighted by atomic mass is 16.6. The molecule has 2 rings (SSSR count). The second-order valence-corrected chi connectivity index (χ2v) is 6.51. The molecule has 2 heterocycles. The monoisotopic (exact) mass is 281 g/mol. The number of amides is 1. The Balaban J connectivity index is 1.85. The molecule has 0 unspecified atom stereocenters. The summed E-state index contributed by atoms with van der Waals surface area (Å²) in [6, 6.07) is 0. The summed E-state index contributed by atoms with van der Waals surface area (Å²) in [7, 11) is 0. The lowest BCUT2D eigenvalue weighted by atomic mass is 9.96. The lowest BCUT2D eigenvalue weighted by molar-refractivity contribution is -0.135. The van der Waals surface area contributed by atoms with Crippen LogP contribution in [0.15, 0.2) is 4.52 Å². The number of hydrogen-bond donors (Lipinski definition) is 0. The molecule has 0 aromatic carbocycles. The first-order valence-corrected chi connectivity index (χ1v) is 7.11. The molecule has 1 aliphatic rings. The van der Waals surface area contributed by atoms with Gasteiger partial charge in [-0.3, -0.25) is 9.32 Å². The summed E-state index contributed by atoms with van der Waals surface area (Å²) in [5.74, 6) is 1.11. The van der Waals surface area contributed by atoms with Crippen molar-refractivity contribution in [3.63, 3.8) is 0 Å². The van der Waals surface area contributed by atoms with Crippen LogP contribution < -0.4 is 4.74 Å². The van der Waals surface area contributed by atoms with Crippen LogP contribution in [0.4, 0.5) is 0 Å². The van der Waals surface area contributed by atoms with E-state index in [0.717, 1.165) is 19.5 Å². The van der Waals surface area contributed by atoms with Gasteiger partial charge in [-0.15, -0.1) is 0 Å². The van der Waals surface area contributed by atoms with Gasteiger partial charge >= 0.3 is 6.08 Å². The molecule has 1 aromatic heterocycles. The van der Waals surface area contributed by atoms with Gasteiger partial charge in [-0.2, -0.15) is 4.98 Å². The Morgan fingerprint density at radius 2 is 2.25 bits per heavy atom. The van der Waals surface area contributed by atoms with Crippen LogP contribution in [-0.4, -0.2) is 40.6 Å². The zero-order valence-corrected chi connectivity index (χ0v) is 12.7. The van der Waals surface area contributed by atoms with Gasteiger partial charge in [0.1, 0.15) is 0 Å². The van der Waals surface area contributed by atoms with Crippen molar-refractivity contribution >= 4 is 5.91 Å². The average molecular weight is 281 g/mol. The third-order valence-electron chi connectivity index (χ3n) is 3.41. The molecule has 0 radical (unpaired) electrons. The zero-order chi connectivity index (χ0) is 14.8. The van der Waals surface area contributed by atoms with Crippen molar-refractivity contribution in [2.45, 2.75) is 46.0 Å². The van der Waals surface area contributed by atoms with Gasteiger partial charge in [0.2, 0.25) is 0 Å². The third kappa shape index (κ3) is 3.71. The van der Waals surface area contributed by atoms with E-state index in [0.29, 0.717) is 11.7 Å². The fourth-order valence-electron chi connectivity index (χ4n) is 2.20. The lowest BCUT2D eigenvalue weighted by Crippen LogP contribution is -2.41. The molecule has 0 spiro atoms. The van der Waals surface area contributed by atoms with Crippen LogP contribution in [-0.2, 0) is 10.2 Å². The predicted molar refractivity (Wildman–Crippen MR) is 73.5 cm³/mol. The maximum Gasteiger partial charge on any atom is 0.417 e. The topological polar surface area (TPSA) is 68.5 Å². The van der Waals surface area contributed by atoms with Crippen LogP contribution in [0.5, 0.6) is 6.08 Å². The fourth-order valence-corrected chi connectivity index (χ4v) is 2.20. The van der Waals surface area contributed by atoms with Crippen LogP contribution >= 0.6 is 0 Å². The van der Waals surface area contributed by atoms with Crippen molar-refractivity contribution in [3.05, 3.63) is 5.82 Å². The predicted octanol–water partition coefficient (Wildman–Crippen LogP) is 2.00. The van der Waals surface area contributed by atoms with E-state index in [1.54, 1.807) is 0 Å². The smallest absolute Gasteiger partial charge is 0.417 e. The molecule has 0 N–H and O–H groups in total. The van der Waals surface area contributed by atoms with Crippen molar-refractivity contribution in [1.82, 2.24) is 15.0 Å². The number of likely N-dealkylation sites (tertiary alicyclic amines) is 1. The Morgan fingerprint density at radius 3 is 2.85 bits per heavy atom. The molecule has 1 aromatic rings. The maximum atomic E-state index is 12.0. The van der Waals surface area contributed by atoms with Crippen LogP contribution in [0, 0.1) is 5.92 Å². The number of piperidine rings is 1. The number of rotatable bonds is 3. The van der Waals surface area contributed by atoms with Gasteiger partial charge in [0.05, 0.1) is 0 Å². The Kier molecular flexibility index (Phi) is 4.30. The van der Waals surface area contributed by atoms with E-state index in [1.807, 2.05) is 25.7 Å². The van der Waals surface area contributed by atoms with E-state index in [-0.39, 0.29) is 24.0 Å². The van der Waals surface area contributed by atoms with Gasteiger partial charge in [0, 0.05) is 18.5 Å². The van der Waals surface area contributed by atoms with Crippen LogP contribution in [0.1, 0.15) is 46.4 Å². The molecule has 6 heteroatoms. The molecular weight excluding hydrogens is 258 g/mol. The first-order valence-electron chi connectivity index (χ1n) is 7.11. The van der Waals surface area contributed by atoms with E-state index < -0.39 is 0 Å². The molecule has 1 fully saturated rings. The molecule has 20 heavy (non-hydrogen) atoms. The second-order valence-electron chi connectivity index (χ2n) is 6.51. The minimum atomic E-state index is -0.197. The van der Waals surface area contributed by atoms with Gasteiger partial charge in [0.25, 0.3) is 5.91 Å². The minimum absolute atomic E-state index is 0.0212. The van der Waals surface area contributed by atoms with Gasteiger partial charge in [0.15, 0.2) is 12.4 Å². The van der Waals surface area contributed by atoms with E-state index in [2.05, 4.69) is 17.1 Å². The van der Waals surface area contributed by atoms with Crippen LogP contribution in [0.2, 0.25) is 0 Å². The molecule has 0 saturated carbocycles. The van der Waals surface area contributed by atoms with Crippen molar-refractivity contribution < 1.29 is 14.1 Å². The van der Waals surface area contributed by atoms with Gasteiger partial charge in [-0.05, 0) is 18.8 Å². The maximum absolute atomic E-state index is 12.0. The fraction of sp³-hybridized carbons (Fsp3) is 0.786. The summed E-state index contributed by atoms with van der Waals surface area (Å²) < 4.78 is 10.3. The Labute approximate surface area is 119 Å². The van der Waals surface area contributed by atoms with E-state index in [4.69, 9.17) is 9.26 Å². The summed E-state index contributed by atoms with van der Waals surface area (Å²) in [5.41, 5.74) is -0.197. The molecule has 1 amide bonds. The third-order valence-corrected chi connectivity index (χ3v) is 3.41. The van der Waals surface area contributed by atoms with Gasteiger partial charge in [-0.25, -0.2) is 0 Å². The summed E-state index contributed by atoms with van der Waals surface area (Å²) >= 11 is 0. The Hall–Kier alpha value is -1.59. The van der Waals surface area contributed by atoms with Crippen molar-refractivity contribution in [2.75, 3.05) is 19.7 Å². The Bertz CT molecular complexity index is 464. The van der Waals surface area contributed by atoms with Crippen molar-refractivity contribution in [2.24, 2.45) is 5.92 Å². The van der Waals surface area contributed by atoms with Crippen LogP contribution in [0.3, 0.4) is 0 Å². The van der Waals surface area contributed by atoms with E-state index >= 15 is 0 Å². The van der Waals surface area contributed by atoms with E-state index in [9.17, 15) is 4.79 Å². The highest BCUT2D eigenvalue weighted by Gasteiger charge is 2.24. The SMILES string of the molecule is C[C@H]1CCCN(C(=O)COc2nc(C(C)(C)C)no2)C1. The van der Waals surface area contributed by atoms with Crippen LogP contribution in [0.25, 0.3) is 0 Å². The standard InChI is InChI=1S/C14H23N3O3/c1-10-6-5-7-17(8-10)11(18)9-19-13-15-12(16-20-13)14(2,3)4/h10H,5-9H2,1-4H3/t10-/m0/s1. The first-order chi connectivity index (χ1) is 9.36. The number of nitrogens with zero attached hydrogens (tertiary/aromatic N) is 3. The molecule has 112 valence electrons. The minimum Gasteiger partial charge on any atom is -0.439 e. The normalized spacial score (nSPS) is 20.0. The van der Waals surface area contributed by atoms with Gasteiger partial charge in [-0.1, -0.05) is 32.9 Å². The lowest BCUT2D eigenvalue weighted by Gasteiger charge is -2.30. The molecule has 6 nitrogen and oxygen atoms in total. The van der Waals surface area contributed by atoms with Crippen molar-refractivity contribution in [3.8, 4) is 6.08 Å². The first kappa shape index (κ1) is 14.8. The summed E-state index contributed by atoms with van der Waals surface area (Å²) in [4.78, 5) is 18.0. The summed E-state index contributed by atoms with van der Waals surface area (Å²) in [6.45, 7) is 9.70. The van der Waals surface area contributed by atoms with Crippen molar-refractivity contribution in [1.29, 1.82) is 0 Å². The highest BCUT2D eigenvalue weighted by Crippen LogP contribution is 2.21. The Morgan fingerprint density at radius 1 is 1.50 bits per heavy atom. The number of carbonyl (C=O) groups excluding carboxylic acids is 1. The molecule has 0 aliphatic carbocycles. The zero-order valence-electron chi connectivity index (χ0n) is 12.7. The quantitative estimate of drug-likeness (QED) is 0.847. The highest BCUT2D eigenvalue weighted by molar-refractivity contribution is 5.77. The molecule has 1 atom stereocenters.